The van der Waals surface area contributed by atoms with E-state index in [0.29, 0.717) is 30.5 Å². The molecule has 3 aromatic rings. The van der Waals surface area contributed by atoms with Crippen molar-refractivity contribution in [3.63, 3.8) is 0 Å². The first kappa shape index (κ1) is 17.4. The summed E-state index contributed by atoms with van der Waals surface area (Å²) in [6.45, 7) is 0.777. The molecular formula is C21H18FNO4. The largest absolute Gasteiger partial charge is 0.450 e. The number of halogens is 1. The van der Waals surface area contributed by atoms with Gasteiger partial charge in [-0.25, -0.2) is 4.39 Å². The first-order valence-corrected chi connectivity index (χ1v) is 8.73. The van der Waals surface area contributed by atoms with Crippen molar-refractivity contribution >= 4 is 16.9 Å². The van der Waals surface area contributed by atoms with E-state index in [1.165, 1.54) is 11.0 Å². The van der Waals surface area contributed by atoms with E-state index in [0.717, 1.165) is 0 Å². The van der Waals surface area contributed by atoms with Crippen LogP contribution >= 0.6 is 0 Å². The van der Waals surface area contributed by atoms with Crippen molar-refractivity contribution in [3.05, 3.63) is 81.5 Å². The van der Waals surface area contributed by atoms with Gasteiger partial charge in [0.1, 0.15) is 11.4 Å². The summed E-state index contributed by atoms with van der Waals surface area (Å²) in [6, 6.07) is 12.2. The van der Waals surface area contributed by atoms with Crippen LogP contribution in [0.3, 0.4) is 0 Å². The molecule has 138 valence electrons. The van der Waals surface area contributed by atoms with Gasteiger partial charge in [0, 0.05) is 25.8 Å². The van der Waals surface area contributed by atoms with Crippen LogP contribution in [0.5, 0.6) is 0 Å². The summed E-state index contributed by atoms with van der Waals surface area (Å²) in [5.41, 5.74) is 0.522. The van der Waals surface area contributed by atoms with Crippen LogP contribution in [0.25, 0.3) is 11.0 Å². The Kier molecular flexibility index (Phi) is 4.49. The second kappa shape index (κ2) is 6.96. The number of fused-ring (bicyclic) bond motifs is 2. The Morgan fingerprint density at radius 1 is 1.11 bits per heavy atom. The lowest BCUT2D eigenvalue weighted by Gasteiger charge is -2.25. The number of carbonyl (C=O) groups excluding carboxylic acids is 1. The Bertz CT molecular complexity index is 1080. The van der Waals surface area contributed by atoms with Gasteiger partial charge in [-0.05, 0) is 24.6 Å². The highest BCUT2D eigenvalue weighted by atomic mass is 19.1. The van der Waals surface area contributed by atoms with Crippen LogP contribution in [-0.4, -0.2) is 31.1 Å². The maximum atomic E-state index is 14.6. The molecule has 2 aromatic carbocycles. The van der Waals surface area contributed by atoms with Gasteiger partial charge in [-0.2, -0.15) is 0 Å². The molecule has 0 saturated carbocycles. The van der Waals surface area contributed by atoms with Crippen molar-refractivity contribution in [2.75, 3.05) is 20.3 Å². The predicted molar refractivity (Wildman–Crippen MR) is 98.3 cm³/mol. The third kappa shape index (κ3) is 2.82. The fourth-order valence-corrected chi connectivity index (χ4v) is 3.60. The van der Waals surface area contributed by atoms with Crippen molar-refractivity contribution in [1.82, 2.24) is 4.90 Å². The van der Waals surface area contributed by atoms with Gasteiger partial charge in [0.15, 0.2) is 5.43 Å². The predicted octanol–water partition coefficient (Wildman–Crippen LogP) is 3.51. The maximum absolute atomic E-state index is 14.6. The molecule has 4 rings (SSSR count). The number of carbonyl (C=O) groups is 1. The van der Waals surface area contributed by atoms with E-state index in [9.17, 15) is 14.0 Å². The van der Waals surface area contributed by atoms with Gasteiger partial charge in [0.05, 0.1) is 17.0 Å². The van der Waals surface area contributed by atoms with Crippen LogP contribution in [0.1, 0.15) is 34.1 Å². The fraction of sp³-hybridized carbons (Fsp3) is 0.238. The highest BCUT2D eigenvalue weighted by Gasteiger charge is 2.43. The molecule has 0 spiro atoms. The molecule has 27 heavy (non-hydrogen) atoms. The number of methoxy groups -OCH3 is 1. The second-order valence-electron chi connectivity index (χ2n) is 6.44. The molecule has 0 unspecified atom stereocenters. The van der Waals surface area contributed by atoms with Crippen molar-refractivity contribution in [1.29, 1.82) is 0 Å². The molecule has 1 aliphatic heterocycles. The smallest absolute Gasteiger partial charge is 0.290 e. The van der Waals surface area contributed by atoms with Crippen molar-refractivity contribution in [2.45, 2.75) is 12.5 Å². The van der Waals surface area contributed by atoms with E-state index < -0.39 is 17.8 Å². The van der Waals surface area contributed by atoms with Crippen LogP contribution < -0.4 is 5.43 Å². The number of ether oxygens (including phenoxy) is 1. The minimum Gasteiger partial charge on any atom is -0.450 e. The lowest BCUT2D eigenvalue weighted by molar-refractivity contribution is 0.0706. The SMILES string of the molecule is COCCCN1C(=O)c2oc3ccccc3c(=O)c2[C@@H]1c1ccccc1F. The third-order valence-corrected chi connectivity index (χ3v) is 4.82. The van der Waals surface area contributed by atoms with E-state index in [-0.39, 0.29) is 22.3 Å². The molecule has 6 heteroatoms. The summed E-state index contributed by atoms with van der Waals surface area (Å²) < 4.78 is 25.4. The third-order valence-electron chi connectivity index (χ3n) is 4.82. The number of hydrogen-bond donors (Lipinski definition) is 0. The van der Waals surface area contributed by atoms with Gasteiger partial charge in [-0.1, -0.05) is 30.3 Å². The zero-order valence-corrected chi connectivity index (χ0v) is 14.8. The van der Waals surface area contributed by atoms with E-state index >= 15 is 0 Å². The molecule has 0 aliphatic carbocycles. The Morgan fingerprint density at radius 2 is 1.85 bits per heavy atom. The standard InChI is InChI=1S/C21H18FNO4/c1-26-12-6-11-23-18(13-7-2-4-9-15(13)22)17-19(24)14-8-3-5-10-16(14)27-20(17)21(23)25/h2-5,7-10,18H,6,11-12H2,1H3/t18-/m0/s1. The minimum absolute atomic E-state index is 0.00984. The topological polar surface area (TPSA) is 59.8 Å². The molecular weight excluding hydrogens is 349 g/mol. The Hall–Kier alpha value is -2.99. The molecule has 0 saturated heterocycles. The zero-order valence-electron chi connectivity index (χ0n) is 14.8. The summed E-state index contributed by atoms with van der Waals surface area (Å²) in [7, 11) is 1.58. The van der Waals surface area contributed by atoms with Crippen molar-refractivity contribution in [2.24, 2.45) is 0 Å². The molecule has 1 atom stereocenters. The molecule has 0 N–H and O–H groups in total. The average molecular weight is 367 g/mol. The van der Waals surface area contributed by atoms with Crippen molar-refractivity contribution < 1.29 is 18.3 Å². The van der Waals surface area contributed by atoms with Gasteiger partial charge < -0.3 is 14.1 Å². The fourth-order valence-electron chi connectivity index (χ4n) is 3.60. The van der Waals surface area contributed by atoms with E-state index in [2.05, 4.69) is 0 Å². The van der Waals surface area contributed by atoms with Gasteiger partial charge in [-0.15, -0.1) is 0 Å². The molecule has 0 bridgehead atoms. The highest BCUT2D eigenvalue weighted by molar-refractivity contribution is 5.99. The summed E-state index contributed by atoms with van der Waals surface area (Å²) >= 11 is 0. The number of rotatable bonds is 5. The quantitative estimate of drug-likeness (QED) is 0.648. The van der Waals surface area contributed by atoms with Crippen LogP contribution in [0, 0.1) is 5.82 Å². The number of hydrogen-bond acceptors (Lipinski definition) is 4. The Balaban J connectivity index is 1.94. The summed E-state index contributed by atoms with van der Waals surface area (Å²) in [5, 5.41) is 0.379. The monoisotopic (exact) mass is 367 g/mol. The van der Waals surface area contributed by atoms with Gasteiger partial charge in [-0.3, -0.25) is 9.59 Å². The van der Waals surface area contributed by atoms with E-state index in [1.54, 1.807) is 49.6 Å². The van der Waals surface area contributed by atoms with Gasteiger partial charge >= 0.3 is 0 Å². The summed E-state index contributed by atoms with van der Waals surface area (Å²) in [5.74, 6) is -0.881. The number of amides is 1. The molecule has 1 amide bonds. The number of benzene rings is 2. The van der Waals surface area contributed by atoms with Gasteiger partial charge in [0.2, 0.25) is 5.76 Å². The highest BCUT2D eigenvalue weighted by Crippen LogP contribution is 2.38. The molecule has 1 aromatic heterocycles. The van der Waals surface area contributed by atoms with Crippen LogP contribution in [0.15, 0.2) is 57.7 Å². The maximum Gasteiger partial charge on any atom is 0.290 e. The zero-order chi connectivity index (χ0) is 19.0. The molecule has 1 aliphatic rings. The summed E-state index contributed by atoms with van der Waals surface area (Å²) in [4.78, 5) is 27.7. The van der Waals surface area contributed by atoms with Crippen LogP contribution in [0.4, 0.5) is 4.39 Å². The second-order valence-corrected chi connectivity index (χ2v) is 6.44. The molecule has 2 heterocycles. The first-order valence-electron chi connectivity index (χ1n) is 8.73. The normalized spacial score (nSPS) is 16.1. The van der Waals surface area contributed by atoms with Crippen LogP contribution in [-0.2, 0) is 4.74 Å². The van der Waals surface area contributed by atoms with Crippen molar-refractivity contribution in [3.8, 4) is 0 Å². The average Bonchev–Trinajstić information content (AvgIpc) is 2.95. The van der Waals surface area contributed by atoms with Crippen LogP contribution in [0.2, 0.25) is 0 Å². The van der Waals surface area contributed by atoms with Gasteiger partial charge in [0.25, 0.3) is 5.91 Å². The Morgan fingerprint density at radius 3 is 2.63 bits per heavy atom. The minimum atomic E-state index is -0.814. The first-order chi connectivity index (χ1) is 13.1. The molecule has 0 fully saturated rings. The lowest BCUT2D eigenvalue weighted by atomic mass is 9.98. The van der Waals surface area contributed by atoms with E-state index in [4.69, 9.17) is 9.15 Å². The summed E-state index contributed by atoms with van der Waals surface area (Å²) in [6.07, 6.45) is 0.564. The number of nitrogens with zero attached hydrogens (tertiary/aromatic N) is 1. The number of para-hydroxylation sites is 1. The molecule has 0 radical (unpaired) electrons. The van der Waals surface area contributed by atoms with E-state index in [1.807, 2.05) is 0 Å². The lowest BCUT2D eigenvalue weighted by Crippen LogP contribution is -2.31. The molecule has 5 nitrogen and oxygen atoms in total. The Labute approximate surface area is 155 Å².